The molecule has 0 spiro atoms. The summed E-state index contributed by atoms with van der Waals surface area (Å²) in [6.45, 7) is 3.30. The highest BCUT2D eigenvalue weighted by molar-refractivity contribution is 6.01. The van der Waals surface area contributed by atoms with Crippen LogP contribution in [0.5, 0.6) is 0 Å². The average Bonchev–Trinajstić information content (AvgIpc) is 3.02. The number of aliphatic carboxylic acids is 1. The van der Waals surface area contributed by atoms with Gasteiger partial charge in [0.1, 0.15) is 5.60 Å². The molecule has 3 saturated carbocycles. The van der Waals surface area contributed by atoms with Crippen LogP contribution in [0.2, 0.25) is 0 Å². The van der Waals surface area contributed by atoms with Gasteiger partial charge in [-0.1, -0.05) is 25.5 Å². The van der Waals surface area contributed by atoms with Crippen molar-refractivity contribution < 1.29 is 39.2 Å². The smallest absolute Gasteiger partial charge is 0.306 e. The lowest BCUT2D eigenvalue weighted by molar-refractivity contribution is -0.181. The maximum Gasteiger partial charge on any atom is 0.306 e. The van der Waals surface area contributed by atoms with Gasteiger partial charge in [0.05, 0.1) is 18.9 Å². The molecule has 8 nitrogen and oxygen atoms in total. The zero-order chi connectivity index (χ0) is 24.2. The molecule has 0 aromatic rings. The Bertz CT molecular complexity index is 950. The summed E-state index contributed by atoms with van der Waals surface area (Å²) in [5.74, 6) is -2.58. The summed E-state index contributed by atoms with van der Waals surface area (Å²) in [5.41, 5.74) is -1.99. The third-order valence-electron chi connectivity index (χ3n) is 9.02. The van der Waals surface area contributed by atoms with Crippen LogP contribution in [-0.4, -0.2) is 57.1 Å². The van der Waals surface area contributed by atoms with E-state index in [1.807, 2.05) is 13.0 Å². The molecule has 180 valence electrons. The van der Waals surface area contributed by atoms with Gasteiger partial charge in [-0.3, -0.25) is 19.2 Å². The first kappa shape index (κ1) is 23.8. The summed E-state index contributed by atoms with van der Waals surface area (Å²) in [6, 6.07) is 0. The molecular formula is C25H32O8. The maximum absolute atomic E-state index is 13.1. The summed E-state index contributed by atoms with van der Waals surface area (Å²) in [6.07, 6.45) is 6.27. The molecule has 0 heterocycles. The minimum Gasteiger partial charge on any atom is -0.481 e. The standard InChI is InChI=1S/C25H32O8/c1-23-9-7-15(26)11-14(23)3-4-16-17-8-10-25(32,24(17,2)12-18(27)22(16)23)19(28)13-33-21(31)6-5-20(29)30/h7,9,11,16-18,22,27,32H,3-6,8,10,12-13H2,1-2H3,(H,29,30)/t16-,17-,18-,22?,23-,24-,25-/m0/s1. The van der Waals surface area contributed by atoms with Gasteiger partial charge in [0.25, 0.3) is 0 Å². The zero-order valence-corrected chi connectivity index (χ0v) is 19.1. The monoisotopic (exact) mass is 460 g/mol. The molecule has 0 bridgehead atoms. The van der Waals surface area contributed by atoms with Crippen molar-refractivity contribution in [1.82, 2.24) is 0 Å². The molecule has 3 fully saturated rings. The van der Waals surface area contributed by atoms with Crippen molar-refractivity contribution in [1.29, 1.82) is 0 Å². The van der Waals surface area contributed by atoms with Crippen molar-refractivity contribution in [2.45, 2.75) is 70.5 Å². The van der Waals surface area contributed by atoms with Crippen LogP contribution in [0.3, 0.4) is 0 Å². The summed E-state index contributed by atoms with van der Waals surface area (Å²) >= 11 is 0. The Labute approximate surface area is 192 Å². The molecule has 0 aliphatic heterocycles. The number of carboxylic acids is 1. The van der Waals surface area contributed by atoms with Crippen LogP contribution in [0, 0.1) is 28.6 Å². The molecule has 4 aliphatic rings. The lowest BCUT2D eigenvalue weighted by atomic mass is 9.46. The molecule has 4 aliphatic carbocycles. The van der Waals surface area contributed by atoms with Crippen molar-refractivity contribution in [3.05, 3.63) is 23.8 Å². The number of carboxylic acid groups (broad SMARTS) is 1. The quantitative estimate of drug-likeness (QED) is 0.512. The molecule has 8 heteroatoms. The van der Waals surface area contributed by atoms with Gasteiger partial charge in [0.15, 0.2) is 12.4 Å². The van der Waals surface area contributed by atoms with Crippen LogP contribution >= 0.6 is 0 Å². The van der Waals surface area contributed by atoms with Gasteiger partial charge in [0.2, 0.25) is 5.78 Å². The molecule has 0 aromatic heterocycles. The van der Waals surface area contributed by atoms with E-state index in [1.54, 1.807) is 12.2 Å². The maximum atomic E-state index is 13.1. The van der Waals surface area contributed by atoms with E-state index in [0.29, 0.717) is 6.42 Å². The van der Waals surface area contributed by atoms with Crippen LogP contribution in [0.15, 0.2) is 23.8 Å². The number of hydrogen-bond acceptors (Lipinski definition) is 7. The third kappa shape index (κ3) is 3.67. The Kier molecular flexibility index (Phi) is 5.90. The zero-order valence-electron chi connectivity index (χ0n) is 19.1. The summed E-state index contributed by atoms with van der Waals surface area (Å²) in [7, 11) is 0. The van der Waals surface area contributed by atoms with Crippen molar-refractivity contribution in [3.63, 3.8) is 0 Å². The highest BCUT2D eigenvalue weighted by atomic mass is 16.5. The summed E-state index contributed by atoms with van der Waals surface area (Å²) < 4.78 is 4.96. The number of ketones is 2. The largest absolute Gasteiger partial charge is 0.481 e. The van der Waals surface area contributed by atoms with E-state index < -0.39 is 46.9 Å². The molecule has 0 radical (unpaired) electrons. The predicted molar refractivity (Wildman–Crippen MR) is 116 cm³/mol. The minimum atomic E-state index is -1.73. The number of carbonyl (C=O) groups excluding carboxylic acids is 3. The molecule has 33 heavy (non-hydrogen) atoms. The second-order valence-electron chi connectivity index (χ2n) is 10.6. The fourth-order valence-corrected chi connectivity index (χ4v) is 7.34. The van der Waals surface area contributed by atoms with E-state index in [9.17, 15) is 29.4 Å². The normalized spacial score (nSPS) is 41.5. The predicted octanol–water partition coefficient (Wildman–Crippen LogP) is 1.97. The van der Waals surface area contributed by atoms with Crippen molar-refractivity contribution in [2.24, 2.45) is 28.6 Å². The minimum absolute atomic E-state index is 0.00645. The third-order valence-corrected chi connectivity index (χ3v) is 9.02. The van der Waals surface area contributed by atoms with E-state index in [0.717, 1.165) is 18.4 Å². The van der Waals surface area contributed by atoms with Crippen molar-refractivity contribution in [2.75, 3.05) is 6.61 Å². The molecule has 0 aromatic carbocycles. The highest BCUT2D eigenvalue weighted by Gasteiger charge is 2.68. The Hall–Kier alpha value is -2.32. The molecule has 7 atom stereocenters. The fourth-order valence-electron chi connectivity index (χ4n) is 7.34. The summed E-state index contributed by atoms with van der Waals surface area (Å²) in [4.78, 5) is 47.4. The number of rotatable bonds is 6. The van der Waals surface area contributed by atoms with Gasteiger partial charge in [-0.25, -0.2) is 0 Å². The first-order valence-corrected chi connectivity index (χ1v) is 11.7. The molecular weight excluding hydrogens is 428 g/mol. The number of Topliss-reactive ketones (excluding diaryl/α,β-unsaturated/α-hetero) is 1. The van der Waals surface area contributed by atoms with Crippen LogP contribution in [0.1, 0.15) is 58.8 Å². The number of aliphatic hydroxyl groups is 2. The van der Waals surface area contributed by atoms with Gasteiger partial charge >= 0.3 is 11.9 Å². The number of esters is 1. The SMILES string of the molecule is C[C@]12C=CC(=O)C=C1CC[C@@H]1C2[C@@H](O)C[C@@]2(C)[C@H]1CC[C@]2(O)C(=O)COC(=O)CCC(=O)O. The van der Waals surface area contributed by atoms with E-state index in [2.05, 4.69) is 6.92 Å². The van der Waals surface area contributed by atoms with Gasteiger partial charge in [-0.2, -0.15) is 0 Å². The Morgan fingerprint density at radius 1 is 1.18 bits per heavy atom. The highest BCUT2D eigenvalue weighted by Crippen LogP contribution is 2.67. The van der Waals surface area contributed by atoms with E-state index in [4.69, 9.17) is 9.84 Å². The lowest BCUT2D eigenvalue weighted by Gasteiger charge is -2.59. The second kappa shape index (κ2) is 8.17. The topological polar surface area (TPSA) is 138 Å². The van der Waals surface area contributed by atoms with Crippen LogP contribution in [0.25, 0.3) is 0 Å². The molecule has 3 N–H and O–H groups in total. The number of hydrogen-bond donors (Lipinski definition) is 3. The second-order valence-corrected chi connectivity index (χ2v) is 10.6. The van der Waals surface area contributed by atoms with Gasteiger partial charge < -0.3 is 20.1 Å². The average molecular weight is 461 g/mol. The van der Waals surface area contributed by atoms with Crippen LogP contribution in [0.4, 0.5) is 0 Å². The molecule has 0 saturated heterocycles. The number of allylic oxidation sites excluding steroid dienone is 4. The molecule has 0 amide bonds. The Morgan fingerprint density at radius 2 is 1.91 bits per heavy atom. The lowest BCUT2D eigenvalue weighted by Crippen LogP contribution is -2.61. The Morgan fingerprint density at radius 3 is 2.61 bits per heavy atom. The Balaban J connectivity index is 1.53. The van der Waals surface area contributed by atoms with E-state index in [1.165, 1.54) is 0 Å². The van der Waals surface area contributed by atoms with Crippen LogP contribution in [-0.2, 0) is 23.9 Å². The first-order valence-electron chi connectivity index (χ1n) is 11.7. The van der Waals surface area contributed by atoms with E-state index >= 15 is 0 Å². The van der Waals surface area contributed by atoms with Crippen molar-refractivity contribution in [3.8, 4) is 0 Å². The number of carbonyl (C=O) groups is 4. The molecule has 4 rings (SSSR count). The van der Waals surface area contributed by atoms with Crippen LogP contribution < -0.4 is 0 Å². The molecule has 1 unspecified atom stereocenters. The number of ether oxygens (including phenoxy) is 1. The van der Waals surface area contributed by atoms with Crippen molar-refractivity contribution >= 4 is 23.5 Å². The van der Waals surface area contributed by atoms with Gasteiger partial charge in [-0.05, 0) is 56.1 Å². The van der Waals surface area contributed by atoms with Gasteiger partial charge in [0, 0.05) is 16.7 Å². The number of fused-ring (bicyclic) bond motifs is 5. The van der Waals surface area contributed by atoms with E-state index in [-0.39, 0.29) is 49.2 Å². The fraction of sp³-hybridized carbons (Fsp3) is 0.680. The van der Waals surface area contributed by atoms with Gasteiger partial charge in [-0.15, -0.1) is 0 Å². The number of aliphatic hydroxyl groups excluding tert-OH is 1. The first-order chi connectivity index (χ1) is 15.4. The summed E-state index contributed by atoms with van der Waals surface area (Å²) in [5, 5.41) is 31.6.